The molecule has 1 heterocycles. The number of hydrogen-bond acceptors (Lipinski definition) is 2. The van der Waals surface area contributed by atoms with Gasteiger partial charge in [0.1, 0.15) is 0 Å². The Kier molecular flexibility index (Phi) is 5.14. The summed E-state index contributed by atoms with van der Waals surface area (Å²) in [5.74, 6) is 0. The molecule has 0 atom stereocenters. The van der Waals surface area contributed by atoms with Crippen LogP contribution >= 0.6 is 11.6 Å². The maximum Gasteiger partial charge on any atom is 0.0451 e. The molecule has 3 rings (SSSR count). The third-order valence-electron chi connectivity index (χ3n) is 4.31. The summed E-state index contributed by atoms with van der Waals surface area (Å²) < 4.78 is 0. The quantitative estimate of drug-likeness (QED) is 0.842. The number of hydrogen-bond donors (Lipinski definition) is 0. The van der Waals surface area contributed by atoms with Crippen LogP contribution < -0.4 is 0 Å². The summed E-state index contributed by atoms with van der Waals surface area (Å²) >= 11 is 6.26. The first-order valence-electron chi connectivity index (χ1n) is 7.94. The van der Waals surface area contributed by atoms with Gasteiger partial charge in [0.15, 0.2) is 0 Å². The van der Waals surface area contributed by atoms with Crippen LogP contribution in [0.15, 0.2) is 48.5 Å². The second kappa shape index (κ2) is 7.28. The lowest BCUT2D eigenvalue weighted by Crippen LogP contribution is -2.45. The van der Waals surface area contributed by atoms with Crippen molar-refractivity contribution in [2.75, 3.05) is 26.2 Å². The molecule has 0 N–H and O–H groups in total. The first-order chi connectivity index (χ1) is 10.7. The van der Waals surface area contributed by atoms with E-state index in [-0.39, 0.29) is 0 Å². The summed E-state index contributed by atoms with van der Waals surface area (Å²) in [4.78, 5) is 5.03. The van der Waals surface area contributed by atoms with Crippen molar-refractivity contribution in [3.8, 4) is 0 Å². The molecule has 22 heavy (non-hydrogen) atoms. The molecule has 1 aliphatic rings. The summed E-state index contributed by atoms with van der Waals surface area (Å²) in [6.45, 7) is 8.63. The van der Waals surface area contributed by atoms with Gasteiger partial charge < -0.3 is 0 Å². The van der Waals surface area contributed by atoms with Gasteiger partial charge in [-0.05, 0) is 24.1 Å². The molecule has 0 radical (unpaired) electrons. The van der Waals surface area contributed by atoms with Gasteiger partial charge in [-0.1, -0.05) is 59.6 Å². The lowest BCUT2D eigenvalue weighted by Gasteiger charge is -2.35. The molecule has 2 aromatic rings. The van der Waals surface area contributed by atoms with Crippen molar-refractivity contribution in [3.05, 3.63) is 70.2 Å². The first kappa shape index (κ1) is 15.5. The van der Waals surface area contributed by atoms with Gasteiger partial charge in [-0.25, -0.2) is 0 Å². The van der Waals surface area contributed by atoms with Crippen LogP contribution in [0.1, 0.15) is 16.7 Å². The zero-order chi connectivity index (χ0) is 15.4. The summed E-state index contributed by atoms with van der Waals surface area (Å²) in [6, 6.07) is 17.0. The molecule has 0 saturated carbocycles. The Morgan fingerprint density at radius 2 is 1.55 bits per heavy atom. The monoisotopic (exact) mass is 314 g/mol. The highest BCUT2D eigenvalue weighted by Crippen LogP contribution is 2.18. The Bertz CT molecular complexity index is 618. The van der Waals surface area contributed by atoms with Gasteiger partial charge in [0.25, 0.3) is 0 Å². The van der Waals surface area contributed by atoms with Crippen LogP contribution in [0.4, 0.5) is 0 Å². The molecule has 0 aromatic heterocycles. The number of rotatable bonds is 4. The Labute approximate surface area is 138 Å². The molecule has 3 heteroatoms. The smallest absolute Gasteiger partial charge is 0.0451 e. The molecule has 0 unspecified atom stereocenters. The largest absolute Gasteiger partial charge is 0.297 e. The normalized spacial score (nSPS) is 16.8. The average Bonchev–Trinajstić information content (AvgIpc) is 2.52. The third kappa shape index (κ3) is 4.10. The van der Waals surface area contributed by atoms with E-state index in [9.17, 15) is 0 Å². The Balaban J connectivity index is 1.51. The van der Waals surface area contributed by atoms with Crippen LogP contribution in [0, 0.1) is 6.92 Å². The lowest BCUT2D eigenvalue weighted by molar-refractivity contribution is 0.122. The van der Waals surface area contributed by atoms with Crippen LogP contribution in [-0.4, -0.2) is 36.0 Å². The molecule has 1 aliphatic heterocycles. The summed E-state index contributed by atoms with van der Waals surface area (Å²) in [5, 5.41) is 0.879. The maximum absolute atomic E-state index is 6.26. The van der Waals surface area contributed by atoms with E-state index in [1.54, 1.807) is 0 Å². The van der Waals surface area contributed by atoms with E-state index < -0.39 is 0 Å². The zero-order valence-electron chi connectivity index (χ0n) is 13.1. The SMILES string of the molecule is Cc1cccc(CN2CCN(Cc3ccccc3Cl)CC2)c1. The van der Waals surface area contributed by atoms with Crippen LogP contribution in [-0.2, 0) is 13.1 Å². The van der Waals surface area contributed by atoms with Gasteiger partial charge in [-0.3, -0.25) is 9.80 Å². The molecular weight excluding hydrogens is 292 g/mol. The highest BCUT2D eigenvalue weighted by Gasteiger charge is 2.17. The third-order valence-corrected chi connectivity index (χ3v) is 4.67. The number of nitrogens with zero attached hydrogens (tertiary/aromatic N) is 2. The van der Waals surface area contributed by atoms with Gasteiger partial charge in [-0.15, -0.1) is 0 Å². The highest BCUT2D eigenvalue weighted by atomic mass is 35.5. The second-order valence-electron chi connectivity index (χ2n) is 6.13. The lowest BCUT2D eigenvalue weighted by atomic mass is 10.1. The number of aryl methyl sites for hydroxylation is 1. The second-order valence-corrected chi connectivity index (χ2v) is 6.54. The summed E-state index contributed by atoms with van der Waals surface area (Å²) in [7, 11) is 0. The van der Waals surface area contributed by atoms with Gasteiger partial charge >= 0.3 is 0 Å². The Hall–Kier alpha value is -1.35. The van der Waals surface area contributed by atoms with Crippen LogP contribution in [0.3, 0.4) is 0 Å². The zero-order valence-corrected chi connectivity index (χ0v) is 13.9. The summed E-state index contributed by atoms with van der Waals surface area (Å²) in [5.41, 5.74) is 3.99. The van der Waals surface area contributed by atoms with Gasteiger partial charge in [0.05, 0.1) is 0 Å². The van der Waals surface area contributed by atoms with E-state index >= 15 is 0 Å². The summed E-state index contributed by atoms with van der Waals surface area (Å²) in [6.07, 6.45) is 0. The molecule has 1 fully saturated rings. The van der Waals surface area contributed by atoms with Crippen LogP contribution in [0.2, 0.25) is 5.02 Å². The van der Waals surface area contributed by atoms with Gasteiger partial charge in [-0.2, -0.15) is 0 Å². The van der Waals surface area contributed by atoms with Crippen molar-refractivity contribution in [1.82, 2.24) is 9.80 Å². The fraction of sp³-hybridized carbons (Fsp3) is 0.368. The van der Waals surface area contributed by atoms with E-state index in [4.69, 9.17) is 11.6 Å². The van der Waals surface area contributed by atoms with Crippen molar-refractivity contribution >= 4 is 11.6 Å². The van der Waals surface area contributed by atoms with Crippen LogP contribution in [0.25, 0.3) is 0 Å². The topological polar surface area (TPSA) is 6.48 Å². The molecule has 0 spiro atoms. The molecule has 0 bridgehead atoms. The fourth-order valence-corrected chi connectivity index (χ4v) is 3.24. The van der Waals surface area contributed by atoms with E-state index in [1.807, 2.05) is 12.1 Å². The predicted octanol–water partition coefficient (Wildman–Crippen LogP) is 3.97. The fourth-order valence-electron chi connectivity index (χ4n) is 3.04. The van der Waals surface area contributed by atoms with Crippen molar-refractivity contribution in [1.29, 1.82) is 0 Å². The van der Waals surface area contributed by atoms with Crippen molar-refractivity contribution in [3.63, 3.8) is 0 Å². The first-order valence-corrected chi connectivity index (χ1v) is 8.32. The van der Waals surface area contributed by atoms with Crippen LogP contribution in [0.5, 0.6) is 0 Å². The predicted molar refractivity (Wildman–Crippen MR) is 93.2 cm³/mol. The molecule has 1 saturated heterocycles. The average molecular weight is 315 g/mol. The van der Waals surface area contributed by atoms with E-state index in [0.717, 1.165) is 44.3 Å². The van der Waals surface area contributed by atoms with Crippen molar-refractivity contribution in [2.24, 2.45) is 0 Å². The number of halogens is 1. The highest BCUT2D eigenvalue weighted by molar-refractivity contribution is 6.31. The Morgan fingerprint density at radius 1 is 0.864 bits per heavy atom. The standard InChI is InChI=1S/C19H23ClN2/c1-16-5-4-6-17(13-16)14-21-9-11-22(12-10-21)15-18-7-2-3-8-19(18)20/h2-8,13H,9-12,14-15H2,1H3. The minimum atomic E-state index is 0.879. The van der Waals surface area contributed by atoms with Crippen molar-refractivity contribution < 1.29 is 0 Å². The number of benzene rings is 2. The number of piperazine rings is 1. The van der Waals surface area contributed by atoms with E-state index in [2.05, 4.69) is 53.1 Å². The molecular formula is C19H23ClN2. The molecule has 116 valence electrons. The molecule has 0 amide bonds. The van der Waals surface area contributed by atoms with E-state index in [1.165, 1.54) is 16.7 Å². The minimum absolute atomic E-state index is 0.879. The van der Waals surface area contributed by atoms with Gasteiger partial charge in [0, 0.05) is 44.3 Å². The maximum atomic E-state index is 6.26. The molecule has 0 aliphatic carbocycles. The molecule has 2 aromatic carbocycles. The minimum Gasteiger partial charge on any atom is -0.297 e. The van der Waals surface area contributed by atoms with Crippen molar-refractivity contribution in [2.45, 2.75) is 20.0 Å². The van der Waals surface area contributed by atoms with Gasteiger partial charge in [0.2, 0.25) is 0 Å². The molecule has 2 nitrogen and oxygen atoms in total. The Morgan fingerprint density at radius 3 is 2.23 bits per heavy atom. The van der Waals surface area contributed by atoms with E-state index in [0.29, 0.717) is 0 Å².